The Bertz CT molecular complexity index is 1020. The van der Waals surface area contributed by atoms with E-state index in [1.165, 1.54) is 23.3 Å². The zero-order chi connectivity index (χ0) is 21.6. The molecule has 0 spiro atoms. The first-order chi connectivity index (χ1) is 15.2. The molecule has 1 aromatic carbocycles. The van der Waals surface area contributed by atoms with Crippen LogP contribution >= 0.6 is 23.3 Å². The molecule has 0 aliphatic carbocycles. The smallest absolute Gasteiger partial charge is 0.411 e. The highest BCUT2D eigenvalue weighted by molar-refractivity contribution is 7.97. The quantitative estimate of drug-likeness (QED) is 0.312. The summed E-state index contributed by atoms with van der Waals surface area (Å²) in [6, 6.07) is 8.79. The monoisotopic (exact) mass is 458 g/mol. The van der Waals surface area contributed by atoms with Gasteiger partial charge in [0, 0.05) is 12.8 Å². The predicted octanol–water partition coefficient (Wildman–Crippen LogP) is 3.35. The fourth-order valence-corrected chi connectivity index (χ4v) is 4.67. The first-order valence-corrected chi connectivity index (χ1v) is 11.6. The van der Waals surface area contributed by atoms with E-state index in [0.717, 1.165) is 16.1 Å². The number of hydrogen-bond acceptors (Lipinski definition) is 9. The summed E-state index contributed by atoms with van der Waals surface area (Å²) in [4.78, 5) is 25.9. The number of carbonyl (C=O) groups excluding carboxylic acids is 1. The summed E-state index contributed by atoms with van der Waals surface area (Å²) in [5, 5.41) is 8.31. The van der Waals surface area contributed by atoms with E-state index in [2.05, 4.69) is 27.2 Å². The molecular formula is C20H22N6O3S2. The van der Waals surface area contributed by atoms with Gasteiger partial charge in [-0.3, -0.25) is 13.7 Å². The molecule has 3 aromatic rings. The van der Waals surface area contributed by atoms with Gasteiger partial charge in [-0.15, -0.1) is 28.1 Å². The molecule has 9 nitrogen and oxygen atoms in total. The van der Waals surface area contributed by atoms with Crippen molar-refractivity contribution in [2.75, 3.05) is 19.4 Å². The van der Waals surface area contributed by atoms with Gasteiger partial charge in [-0.1, -0.05) is 36.4 Å². The molecule has 1 N–H and O–H groups in total. The van der Waals surface area contributed by atoms with Crippen LogP contribution in [0, 0.1) is 0 Å². The molecule has 4 rings (SSSR count). The highest BCUT2D eigenvalue weighted by Crippen LogP contribution is 2.40. The van der Waals surface area contributed by atoms with Crippen LogP contribution in [0.2, 0.25) is 0 Å². The van der Waals surface area contributed by atoms with Crippen molar-refractivity contribution in [3.63, 3.8) is 0 Å². The van der Waals surface area contributed by atoms with E-state index in [1.54, 1.807) is 22.8 Å². The normalized spacial score (nSPS) is 17.9. The van der Waals surface area contributed by atoms with Crippen molar-refractivity contribution in [2.45, 2.75) is 18.7 Å². The zero-order valence-electron chi connectivity index (χ0n) is 16.9. The lowest BCUT2D eigenvalue weighted by Gasteiger charge is -2.37. The Morgan fingerprint density at radius 2 is 2.26 bits per heavy atom. The number of rotatable bonds is 8. The van der Waals surface area contributed by atoms with Crippen molar-refractivity contribution in [1.82, 2.24) is 29.5 Å². The lowest BCUT2D eigenvalue weighted by molar-refractivity contribution is 0.0113. The second-order valence-electron chi connectivity index (χ2n) is 6.66. The largest absolute Gasteiger partial charge is 0.445 e. The fraction of sp³-hybridized carbons (Fsp3) is 0.300. The van der Waals surface area contributed by atoms with E-state index in [-0.39, 0.29) is 12.6 Å². The summed E-state index contributed by atoms with van der Waals surface area (Å²) >= 11 is 2.96. The molecule has 0 radical (unpaired) electrons. The standard InChI is InChI=1S/C20H22N6O3S2/c1-3-9-29-24-15-10-25(20(27)28-11-14-7-5-4-6-8-14)17(16-18(15)31-13-21-16)19-23-22-12-26(19)30-2/h3-8,12-13,15,17,24H,1,9-11H2,2H3. The second kappa shape index (κ2) is 10.1. The van der Waals surface area contributed by atoms with Gasteiger partial charge < -0.3 is 4.74 Å². The van der Waals surface area contributed by atoms with Crippen LogP contribution in [0.25, 0.3) is 0 Å². The number of fused-ring (bicyclic) bond motifs is 1. The number of carbonyl (C=O) groups is 1. The first kappa shape index (κ1) is 21.5. The summed E-state index contributed by atoms with van der Waals surface area (Å²) in [6.07, 6.45) is 4.73. The van der Waals surface area contributed by atoms with Gasteiger partial charge in [-0.2, -0.15) is 5.48 Å². The third kappa shape index (κ3) is 4.64. The van der Waals surface area contributed by atoms with Crippen molar-refractivity contribution < 1.29 is 14.4 Å². The van der Waals surface area contributed by atoms with E-state index in [9.17, 15) is 4.79 Å². The molecule has 0 fully saturated rings. The average molecular weight is 459 g/mol. The van der Waals surface area contributed by atoms with Crippen molar-refractivity contribution in [1.29, 1.82) is 0 Å². The molecule has 0 saturated heterocycles. The number of ether oxygens (including phenoxy) is 1. The molecule has 0 saturated carbocycles. The first-order valence-electron chi connectivity index (χ1n) is 9.56. The van der Waals surface area contributed by atoms with Crippen LogP contribution in [0.3, 0.4) is 0 Å². The number of nitrogens with zero attached hydrogens (tertiary/aromatic N) is 5. The molecule has 31 heavy (non-hydrogen) atoms. The van der Waals surface area contributed by atoms with Crippen LogP contribution in [-0.2, 0) is 16.2 Å². The Hall–Kier alpha value is -2.73. The second-order valence-corrected chi connectivity index (χ2v) is 8.31. The Morgan fingerprint density at radius 1 is 1.42 bits per heavy atom. The molecule has 2 aromatic heterocycles. The number of aromatic nitrogens is 4. The number of thiazole rings is 1. The Morgan fingerprint density at radius 3 is 3.03 bits per heavy atom. The van der Waals surface area contributed by atoms with E-state index >= 15 is 0 Å². The molecule has 3 heterocycles. The summed E-state index contributed by atoms with van der Waals surface area (Å²) in [6.45, 7) is 4.50. The third-order valence-electron chi connectivity index (χ3n) is 4.74. The van der Waals surface area contributed by atoms with E-state index in [4.69, 9.17) is 9.57 Å². The maximum absolute atomic E-state index is 13.2. The lowest BCUT2D eigenvalue weighted by Crippen LogP contribution is -2.46. The van der Waals surface area contributed by atoms with Gasteiger partial charge in [0.2, 0.25) is 0 Å². The van der Waals surface area contributed by atoms with Gasteiger partial charge in [-0.25, -0.2) is 9.78 Å². The van der Waals surface area contributed by atoms with Crippen LogP contribution in [-0.4, -0.2) is 49.6 Å². The molecule has 0 bridgehead atoms. The van der Waals surface area contributed by atoms with E-state index in [0.29, 0.717) is 19.0 Å². The molecule has 1 aliphatic heterocycles. The number of hydroxylamine groups is 1. The van der Waals surface area contributed by atoms with Gasteiger partial charge in [0.05, 0.1) is 28.7 Å². The van der Waals surface area contributed by atoms with Crippen LogP contribution in [0.4, 0.5) is 4.79 Å². The number of nitrogens with one attached hydrogen (secondary N) is 1. The molecule has 11 heteroatoms. The fourth-order valence-electron chi connectivity index (χ4n) is 3.36. The van der Waals surface area contributed by atoms with Gasteiger partial charge in [0.1, 0.15) is 19.0 Å². The van der Waals surface area contributed by atoms with Crippen LogP contribution in [0.5, 0.6) is 0 Å². The molecule has 1 aliphatic rings. The van der Waals surface area contributed by atoms with Crippen LogP contribution in [0.15, 0.2) is 54.8 Å². The zero-order valence-corrected chi connectivity index (χ0v) is 18.5. The summed E-state index contributed by atoms with van der Waals surface area (Å²) in [5.41, 5.74) is 6.43. The Kier molecular flexibility index (Phi) is 6.97. The van der Waals surface area contributed by atoms with Crippen LogP contribution < -0.4 is 5.48 Å². The minimum atomic E-state index is -0.517. The third-order valence-corrected chi connectivity index (χ3v) is 6.37. The Balaban J connectivity index is 1.64. The van der Waals surface area contributed by atoms with Gasteiger partial charge in [-0.05, 0) is 17.5 Å². The minimum Gasteiger partial charge on any atom is -0.445 e. The highest BCUT2D eigenvalue weighted by Gasteiger charge is 2.42. The van der Waals surface area contributed by atoms with E-state index in [1.807, 2.05) is 40.6 Å². The van der Waals surface area contributed by atoms with Gasteiger partial charge in [0.25, 0.3) is 0 Å². The summed E-state index contributed by atoms with van der Waals surface area (Å²) in [5.74, 6) is 0.613. The SMILES string of the molecule is C=CCONC1CN(C(=O)OCc2ccccc2)C(c2nncn2SC)c2ncsc21. The number of benzene rings is 1. The van der Waals surface area contributed by atoms with Gasteiger partial charge in [0.15, 0.2) is 5.82 Å². The minimum absolute atomic E-state index is 0.174. The van der Waals surface area contributed by atoms with Crippen molar-refractivity contribution in [2.24, 2.45) is 0 Å². The van der Waals surface area contributed by atoms with Crippen molar-refractivity contribution in [3.05, 3.63) is 76.8 Å². The van der Waals surface area contributed by atoms with Crippen molar-refractivity contribution in [3.8, 4) is 0 Å². The summed E-state index contributed by atoms with van der Waals surface area (Å²) in [7, 11) is 0. The molecule has 1 amide bonds. The molecule has 2 atom stereocenters. The molecular weight excluding hydrogens is 436 g/mol. The lowest BCUT2D eigenvalue weighted by atomic mass is 10.0. The topological polar surface area (TPSA) is 94.4 Å². The Labute approximate surface area is 188 Å². The maximum atomic E-state index is 13.2. The van der Waals surface area contributed by atoms with Crippen molar-refractivity contribution >= 4 is 29.4 Å². The summed E-state index contributed by atoms with van der Waals surface area (Å²) < 4.78 is 7.48. The maximum Gasteiger partial charge on any atom is 0.411 e. The number of hydrogen-bond donors (Lipinski definition) is 1. The molecule has 2 unspecified atom stereocenters. The van der Waals surface area contributed by atoms with Gasteiger partial charge >= 0.3 is 6.09 Å². The molecule has 162 valence electrons. The highest BCUT2D eigenvalue weighted by atomic mass is 32.2. The van der Waals surface area contributed by atoms with E-state index < -0.39 is 12.1 Å². The number of amides is 1. The predicted molar refractivity (Wildman–Crippen MR) is 118 cm³/mol. The average Bonchev–Trinajstić information content (AvgIpc) is 3.47. The van der Waals surface area contributed by atoms with Crippen LogP contribution in [0.1, 0.15) is 34.0 Å².